The predicted molar refractivity (Wildman–Crippen MR) is 53.5 cm³/mol. The van der Waals surface area contributed by atoms with Gasteiger partial charge in [0, 0.05) is 11.1 Å². The van der Waals surface area contributed by atoms with Gasteiger partial charge in [-0.3, -0.25) is 4.98 Å². The standard InChI is InChI=1S/C9H5F4N3S/c10-5-7(6(11)9(13)16-8(5)12)15-2-4-1-14-3-17-4/h1,3H,2H2,(H,15,16). The zero-order valence-electron chi connectivity index (χ0n) is 8.18. The highest BCUT2D eigenvalue weighted by molar-refractivity contribution is 7.09. The second kappa shape index (κ2) is 4.66. The highest BCUT2D eigenvalue weighted by Crippen LogP contribution is 2.22. The number of nitrogens with one attached hydrogen (secondary N) is 1. The second-order valence-electron chi connectivity index (χ2n) is 3.02. The number of pyridine rings is 1. The molecule has 0 atom stereocenters. The highest BCUT2D eigenvalue weighted by atomic mass is 32.1. The van der Waals surface area contributed by atoms with Gasteiger partial charge in [0.25, 0.3) is 11.9 Å². The molecule has 0 bridgehead atoms. The third-order valence-corrected chi connectivity index (χ3v) is 2.70. The van der Waals surface area contributed by atoms with Gasteiger partial charge in [0.15, 0.2) is 0 Å². The fraction of sp³-hybridized carbons (Fsp3) is 0.111. The van der Waals surface area contributed by atoms with E-state index in [2.05, 4.69) is 15.3 Å². The molecule has 2 aromatic rings. The maximum absolute atomic E-state index is 13.2. The van der Waals surface area contributed by atoms with Crippen LogP contribution in [0.4, 0.5) is 23.2 Å². The minimum absolute atomic E-state index is 0.0153. The summed E-state index contributed by atoms with van der Waals surface area (Å²) in [5.41, 5.74) is 0.653. The second-order valence-corrected chi connectivity index (χ2v) is 3.99. The normalized spacial score (nSPS) is 10.6. The largest absolute Gasteiger partial charge is 0.375 e. The van der Waals surface area contributed by atoms with Crippen LogP contribution in [0.3, 0.4) is 0 Å². The molecule has 2 rings (SSSR count). The van der Waals surface area contributed by atoms with Gasteiger partial charge in [0.05, 0.1) is 12.1 Å². The van der Waals surface area contributed by atoms with E-state index in [4.69, 9.17) is 0 Å². The molecule has 0 radical (unpaired) electrons. The fourth-order valence-corrected chi connectivity index (χ4v) is 1.68. The molecule has 0 fully saturated rings. The van der Waals surface area contributed by atoms with Crippen molar-refractivity contribution >= 4 is 17.0 Å². The van der Waals surface area contributed by atoms with E-state index in [0.29, 0.717) is 4.88 Å². The van der Waals surface area contributed by atoms with Crippen LogP contribution in [0.5, 0.6) is 0 Å². The Morgan fingerprint density at radius 2 is 1.76 bits per heavy atom. The van der Waals surface area contributed by atoms with E-state index in [0.717, 1.165) is 0 Å². The van der Waals surface area contributed by atoms with Crippen LogP contribution in [0.2, 0.25) is 0 Å². The number of hydrogen-bond acceptors (Lipinski definition) is 4. The number of anilines is 1. The number of halogens is 4. The first-order valence-electron chi connectivity index (χ1n) is 4.41. The molecule has 0 aromatic carbocycles. The molecular weight excluding hydrogens is 258 g/mol. The molecule has 0 aliphatic rings. The van der Waals surface area contributed by atoms with Crippen molar-refractivity contribution in [3.05, 3.63) is 40.1 Å². The Labute approximate surface area is 97.1 Å². The van der Waals surface area contributed by atoms with Crippen LogP contribution in [0.15, 0.2) is 11.7 Å². The maximum Gasteiger partial charge on any atom is 0.253 e. The SMILES string of the molecule is Fc1nc(F)c(F)c(NCc2cncs2)c1F. The average Bonchev–Trinajstić information content (AvgIpc) is 2.79. The number of nitrogens with zero attached hydrogens (tertiary/aromatic N) is 2. The van der Waals surface area contributed by atoms with Crippen molar-refractivity contribution in [2.45, 2.75) is 6.54 Å². The number of thiazole rings is 1. The quantitative estimate of drug-likeness (QED) is 0.683. The Bertz CT molecular complexity index is 503. The van der Waals surface area contributed by atoms with Crippen LogP contribution in [0.1, 0.15) is 4.88 Å². The molecule has 0 saturated heterocycles. The van der Waals surface area contributed by atoms with Crippen LogP contribution in [-0.2, 0) is 6.54 Å². The fourth-order valence-electron chi connectivity index (χ4n) is 1.15. The van der Waals surface area contributed by atoms with Crippen LogP contribution in [0, 0.1) is 23.5 Å². The molecule has 2 aromatic heterocycles. The van der Waals surface area contributed by atoms with Crippen LogP contribution < -0.4 is 5.32 Å². The lowest BCUT2D eigenvalue weighted by Gasteiger charge is -2.07. The van der Waals surface area contributed by atoms with E-state index >= 15 is 0 Å². The summed E-state index contributed by atoms with van der Waals surface area (Å²) in [4.78, 5) is 6.86. The number of hydrogen-bond donors (Lipinski definition) is 1. The van der Waals surface area contributed by atoms with Crippen molar-refractivity contribution in [2.24, 2.45) is 0 Å². The van der Waals surface area contributed by atoms with Gasteiger partial charge >= 0.3 is 0 Å². The van der Waals surface area contributed by atoms with E-state index < -0.39 is 29.2 Å². The van der Waals surface area contributed by atoms with Crippen LogP contribution in [0.25, 0.3) is 0 Å². The minimum atomic E-state index is -1.68. The van der Waals surface area contributed by atoms with Gasteiger partial charge in [0.2, 0.25) is 11.6 Å². The summed E-state index contributed by atoms with van der Waals surface area (Å²) in [6.07, 6.45) is 1.47. The molecule has 1 N–H and O–H groups in total. The third kappa shape index (κ3) is 2.36. The summed E-state index contributed by atoms with van der Waals surface area (Å²) in [6, 6.07) is 0. The monoisotopic (exact) mass is 263 g/mol. The molecule has 2 heterocycles. The number of rotatable bonds is 3. The van der Waals surface area contributed by atoms with Crippen molar-refractivity contribution in [3.63, 3.8) is 0 Å². The molecule has 0 saturated carbocycles. The van der Waals surface area contributed by atoms with Crippen molar-refractivity contribution < 1.29 is 17.6 Å². The number of aromatic nitrogens is 2. The van der Waals surface area contributed by atoms with Crippen molar-refractivity contribution in [3.8, 4) is 0 Å². The maximum atomic E-state index is 13.2. The molecule has 0 unspecified atom stereocenters. The molecule has 0 aliphatic heterocycles. The first-order chi connectivity index (χ1) is 8.09. The lowest BCUT2D eigenvalue weighted by molar-refractivity contribution is 0.410. The van der Waals surface area contributed by atoms with Crippen LogP contribution in [-0.4, -0.2) is 9.97 Å². The first kappa shape index (κ1) is 11.8. The molecule has 0 aliphatic carbocycles. The zero-order chi connectivity index (χ0) is 12.4. The molecule has 0 amide bonds. The Balaban J connectivity index is 2.26. The summed E-state index contributed by atoms with van der Waals surface area (Å²) in [7, 11) is 0. The summed E-state index contributed by atoms with van der Waals surface area (Å²) in [5, 5.41) is 2.27. The Morgan fingerprint density at radius 3 is 2.29 bits per heavy atom. The van der Waals surface area contributed by atoms with Gasteiger partial charge in [-0.05, 0) is 0 Å². The summed E-state index contributed by atoms with van der Waals surface area (Å²) in [5.74, 6) is -6.46. The summed E-state index contributed by atoms with van der Waals surface area (Å²) < 4.78 is 51.8. The van der Waals surface area contributed by atoms with Gasteiger partial charge in [0.1, 0.15) is 5.69 Å². The molecular formula is C9H5F4N3S. The van der Waals surface area contributed by atoms with E-state index in [1.165, 1.54) is 23.0 Å². The van der Waals surface area contributed by atoms with Gasteiger partial charge in [-0.1, -0.05) is 0 Å². The van der Waals surface area contributed by atoms with Gasteiger partial charge in [-0.25, -0.2) is 0 Å². The highest BCUT2D eigenvalue weighted by Gasteiger charge is 2.20. The zero-order valence-corrected chi connectivity index (χ0v) is 8.99. The van der Waals surface area contributed by atoms with E-state index in [1.54, 1.807) is 0 Å². The Kier molecular flexibility index (Phi) is 3.23. The van der Waals surface area contributed by atoms with Gasteiger partial charge in [-0.2, -0.15) is 22.5 Å². The lowest BCUT2D eigenvalue weighted by atomic mass is 10.3. The average molecular weight is 263 g/mol. The van der Waals surface area contributed by atoms with Crippen LogP contribution >= 0.6 is 11.3 Å². The predicted octanol–water partition coefficient (Wildman–Crippen LogP) is 2.71. The summed E-state index contributed by atoms with van der Waals surface area (Å²) >= 11 is 1.24. The topological polar surface area (TPSA) is 37.8 Å². The molecule has 90 valence electrons. The molecule has 17 heavy (non-hydrogen) atoms. The Hall–Kier alpha value is -1.70. The van der Waals surface area contributed by atoms with Gasteiger partial charge < -0.3 is 5.32 Å². The van der Waals surface area contributed by atoms with Gasteiger partial charge in [-0.15, -0.1) is 11.3 Å². The van der Waals surface area contributed by atoms with E-state index in [9.17, 15) is 17.6 Å². The lowest BCUT2D eigenvalue weighted by Crippen LogP contribution is -2.08. The van der Waals surface area contributed by atoms with E-state index in [1.807, 2.05) is 0 Å². The summed E-state index contributed by atoms with van der Waals surface area (Å²) in [6.45, 7) is 0.0153. The van der Waals surface area contributed by atoms with Crippen molar-refractivity contribution in [1.82, 2.24) is 9.97 Å². The molecule has 8 heteroatoms. The van der Waals surface area contributed by atoms with E-state index in [-0.39, 0.29) is 6.54 Å². The Morgan fingerprint density at radius 1 is 1.12 bits per heavy atom. The van der Waals surface area contributed by atoms with Crippen molar-refractivity contribution in [1.29, 1.82) is 0 Å². The van der Waals surface area contributed by atoms with Crippen molar-refractivity contribution in [2.75, 3.05) is 5.32 Å². The minimum Gasteiger partial charge on any atom is -0.375 e. The smallest absolute Gasteiger partial charge is 0.253 e. The molecule has 0 spiro atoms. The molecule has 3 nitrogen and oxygen atoms in total. The third-order valence-electron chi connectivity index (χ3n) is 1.92. The first-order valence-corrected chi connectivity index (χ1v) is 5.28.